The Hall–Kier alpha value is -0.490. The van der Waals surface area contributed by atoms with Crippen LogP contribution in [0, 0.1) is 0 Å². The van der Waals surface area contributed by atoms with Gasteiger partial charge in [0.05, 0.1) is 21.6 Å². The van der Waals surface area contributed by atoms with Crippen LogP contribution in [-0.2, 0) is 0 Å². The molecule has 2 aromatic rings. The molecule has 1 atom stereocenters. The summed E-state index contributed by atoms with van der Waals surface area (Å²) in [6.45, 7) is 4.17. The lowest BCUT2D eigenvalue weighted by molar-refractivity contribution is 0.775. The van der Waals surface area contributed by atoms with Crippen molar-refractivity contribution in [2.75, 3.05) is 0 Å². The Bertz CT molecular complexity index is 478. The summed E-state index contributed by atoms with van der Waals surface area (Å²) in [4.78, 5) is 1.99. The van der Waals surface area contributed by atoms with Crippen molar-refractivity contribution < 1.29 is 0 Å². The summed E-state index contributed by atoms with van der Waals surface area (Å²) in [6.07, 6.45) is 0. The quantitative estimate of drug-likeness (QED) is 0.932. The van der Waals surface area contributed by atoms with Crippen LogP contribution in [0.2, 0.25) is 5.02 Å². The van der Waals surface area contributed by atoms with Gasteiger partial charge in [-0.3, -0.25) is 0 Å². The smallest absolute Gasteiger partial charge is 0.0832 e. The Morgan fingerprint density at radius 2 is 2.12 bits per heavy atom. The molecule has 0 aromatic carbocycles. The normalized spacial score (nSPS) is 13.3. The van der Waals surface area contributed by atoms with Crippen molar-refractivity contribution >= 4 is 34.5 Å². The van der Waals surface area contributed by atoms with Gasteiger partial charge in [-0.25, -0.2) is 0 Å². The Labute approximate surface area is 107 Å². The van der Waals surface area contributed by atoms with Gasteiger partial charge in [0.1, 0.15) is 0 Å². The van der Waals surface area contributed by atoms with Crippen LogP contribution in [0.5, 0.6) is 0 Å². The molecule has 0 amide bonds. The lowest BCUT2D eigenvalue weighted by atomic mass is 10.1. The van der Waals surface area contributed by atoms with Crippen LogP contribution in [0.1, 0.15) is 41.3 Å². The Balaban J connectivity index is 2.38. The molecule has 0 bridgehead atoms. The molecule has 0 fully saturated rings. The first-order valence-electron chi connectivity index (χ1n) is 4.92. The van der Waals surface area contributed by atoms with Crippen molar-refractivity contribution in [2.24, 2.45) is 5.73 Å². The molecule has 1 unspecified atom stereocenters. The fraction of sp³-hybridized carbons (Fsp3) is 0.400. The maximum absolute atomic E-state index is 6.20. The molecule has 2 N–H and O–H groups in total. The third-order valence-corrected chi connectivity index (χ3v) is 4.56. The lowest BCUT2D eigenvalue weighted by Gasteiger charge is -2.10. The molecule has 0 aliphatic heterocycles. The second-order valence-electron chi connectivity index (χ2n) is 3.79. The van der Waals surface area contributed by atoms with E-state index < -0.39 is 0 Å². The molecule has 16 heavy (non-hydrogen) atoms. The van der Waals surface area contributed by atoms with Crippen molar-refractivity contribution in [3.63, 3.8) is 0 Å². The highest BCUT2D eigenvalue weighted by molar-refractivity contribution is 7.11. The first-order valence-corrected chi connectivity index (χ1v) is 6.95. The number of thiophene rings is 1. The lowest BCUT2D eigenvalue weighted by Crippen LogP contribution is -2.11. The molecule has 0 saturated heterocycles. The summed E-state index contributed by atoms with van der Waals surface area (Å²) in [7, 11) is 0. The van der Waals surface area contributed by atoms with Gasteiger partial charge in [0, 0.05) is 4.88 Å². The number of halogens is 1. The fourth-order valence-electron chi connectivity index (χ4n) is 1.47. The molecule has 6 heteroatoms. The van der Waals surface area contributed by atoms with E-state index in [1.165, 1.54) is 11.5 Å². The van der Waals surface area contributed by atoms with Crippen LogP contribution < -0.4 is 5.73 Å². The molecule has 0 aliphatic rings. The van der Waals surface area contributed by atoms with Crippen molar-refractivity contribution in [1.82, 2.24) is 9.59 Å². The molecule has 3 nitrogen and oxygen atoms in total. The van der Waals surface area contributed by atoms with Crippen LogP contribution in [0.3, 0.4) is 0 Å². The highest BCUT2D eigenvalue weighted by Gasteiger charge is 2.22. The van der Waals surface area contributed by atoms with Gasteiger partial charge in [0.25, 0.3) is 0 Å². The molecule has 0 radical (unpaired) electrons. The summed E-state index contributed by atoms with van der Waals surface area (Å²) >= 11 is 9.00. The molecule has 86 valence electrons. The zero-order valence-corrected chi connectivity index (χ0v) is 11.4. The zero-order valence-electron chi connectivity index (χ0n) is 8.98. The van der Waals surface area contributed by atoms with Crippen molar-refractivity contribution in [1.29, 1.82) is 0 Å². The fourth-order valence-corrected chi connectivity index (χ4v) is 3.54. The summed E-state index contributed by atoms with van der Waals surface area (Å²) < 4.78 is 3.98. The van der Waals surface area contributed by atoms with Crippen molar-refractivity contribution in [2.45, 2.75) is 25.8 Å². The molecule has 0 aliphatic carbocycles. The van der Waals surface area contributed by atoms with Crippen LogP contribution in [0.15, 0.2) is 11.4 Å². The summed E-state index contributed by atoms with van der Waals surface area (Å²) in [6, 6.07) is 1.66. The maximum atomic E-state index is 6.20. The molecule has 0 spiro atoms. The first kappa shape index (κ1) is 12.0. The second kappa shape index (κ2) is 4.79. The highest BCUT2D eigenvalue weighted by atomic mass is 35.5. The zero-order chi connectivity index (χ0) is 11.7. The van der Waals surface area contributed by atoms with E-state index in [1.807, 2.05) is 11.4 Å². The van der Waals surface area contributed by atoms with E-state index in [0.717, 1.165) is 20.5 Å². The number of rotatable bonds is 3. The topological polar surface area (TPSA) is 51.8 Å². The van der Waals surface area contributed by atoms with Crippen molar-refractivity contribution in [3.05, 3.63) is 31.9 Å². The van der Waals surface area contributed by atoms with Crippen molar-refractivity contribution in [3.8, 4) is 0 Å². The number of hydrogen-bond donors (Lipinski definition) is 1. The standard InChI is InChI=1S/C10H12ClN3S2/c1-5(2)8-10(16-14-13-8)7(12)9-6(11)3-4-15-9/h3-5,7H,12H2,1-2H3. The largest absolute Gasteiger partial charge is 0.319 e. The average Bonchev–Trinajstić information content (AvgIpc) is 2.84. The predicted molar refractivity (Wildman–Crippen MR) is 69.4 cm³/mol. The molecule has 0 saturated carbocycles. The van der Waals surface area contributed by atoms with E-state index in [1.54, 1.807) is 11.3 Å². The minimum absolute atomic E-state index is 0.204. The molecule has 2 heterocycles. The van der Waals surface area contributed by atoms with Crippen LogP contribution in [0.4, 0.5) is 0 Å². The van der Waals surface area contributed by atoms with E-state index >= 15 is 0 Å². The number of hydrogen-bond acceptors (Lipinski definition) is 5. The van der Waals surface area contributed by atoms with Gasteiger partial charge in [-0.2, -0.15) is 0 Å². The Kier molecular flexibility index (Phi) is 3.59. The van der Waals surface area contributed by atoms with Gasteiger partial charge in [0.15, 0.2) is 0 Å². The molecular formula is C10H12ClN3S2. The summed E-state index contributed by atoms with van der Waals surface area (Å²) in [5, 5.41) is 6.79. The maximum Gasteiger partial charge on any atom is 0.0832 e. The van der Waals surface area contributed by atoms with Gasteiger partial charge in [-0.15, -0.1) is 16.4 Å². The van der Waals surface area contributed by atoms with E-state index in [0.29, 0.717) is 5.92 Å². The number of aromatic nitrogens is 2. The SMILES string of the molecule is CC(C)c1nnsc1C(N)c1sccc1Cl. The van der Waals surface area contributed by atoms with E-state index in [9.17, 15) is 0 Å². The minimum Gasteiger partial charge on any atom is -0.319 e. The van der Waals surface area contributed by atoms with Crippen LogP contribution >= 0.6 is 34.5 Å². The molecular weight excluding hydrogens is 262 g/mol. The first-order chi connectivity index (χ1) is 7.61. The average molecular weight is 274 g/mol. The molecule has 2 aromatic heterocycles. The van der Waals surface area contributed by atoms with Crippen LogP contribution in [0.25, 0.3) is 0 Å². The van der Waals surface area contributed by atoms with Crippen LogP contribution in [-0.4, -0.2) is 9.59 Å². The van der Waals surface area contributed by atoms with E-state index in [-0.39, 0.29) is 6.04 Å². The molecule has 2 rings (SSSR count). The minimum atomic E-state index is -0.204. The van der Waals surface area contributed by atoms with E-state index in [2.05, 4.69) is 23.4 Å². The van der Waals surface area contributed by atoms with Gasteiger partial charge < -0.3 is 5.73 Å². The monoisotopic (exact) mass is 273 g/mol. The predicted octanol–water partition coefficient (Wildman–Crippen LogP) is 3.42. The van der Waals surface area contributed by atoms with Gasteiger partial charge in [0.2, 0.25) is 0 Å². The summed E-state index contributed by atoms with van der Waals surface area (Å²) in [5.41, 5.74) is 7.18. The van der Waals surface area contributed by atoms with Gasteiger partial charge in [-0.1, -0.05) is 29.9 Å². The highest BCUT2D eigenvalue weighted by Crippen LogP contribution is 2.35. The second-order valence-corrected chi connectivity index (χ2v) is 5.93. The van der Waals surface area contributed by atoms with Gasteiger partial charge in [-0.05, 0) is 28.9 Å². The number of nitrogens with two attached hydrogens (primary N) is 1. The number of nitrogens with zero attached hydrogens (tertiary/aromatic N) is 2. The summed E-state index contributed by atoms with van der Waals surface area (Å²) in [5.74, 6) is 0.332. The third-order valence-electron chi connectivity index (χ3n) is 2.30. The van der Waals surface area contributed by atoms with E-state index in [4.69, 9.17) is 17.3 Å². The Morgan fingerprint density at radius 3 is 2.69 bits per heavy atom. The van der Waals surface area contributed by atoms with Gasteiger partial charge >= 0.3 is 0 Å². The Morgan fingerprint density at radius 1 is 1.38 bits per heavy atom. The third kappa shape index (κ3) is 2.13.